The molecule has 2 amide bonds. The molecule has 0 aliphatic carbocycles. The van der Waals surface area contributed by atoms with Crippen LogP contribution in [0.15, 0.2) is 30.3 Å². The Morgan fingerprint density at radius 3 is 2.80 bits per heavy atom. The molecule has 5 heteroatoms. The summed E-state index contributed by atoms with van der Waals surface area (Å²) in [5.74, 6) is -0.0957. The molecule has 0 aromatic heterocycles. The number of ether oxygens (including phenoxy) is 1. The molecule has 1 aliphatic rings. The maximum absolute atomic E-state index is 12.1. The first-order chi connectivity index (χ1) is 9.72. The summed E-state index contributed by atoms with van der Waals surface area (Å²) in [7, 11) is 0. The van der Waals surface area contributed by atoms with E-state index in [1.807, 2.05) is 37.3 Å². The number of carbonyl (C=O) groups excluding carboxylic acids is 2. The number of benzene rings is 1. The molecule has 0 unspecified atom stereocenters. The number of hydrogen-bond donors (Lipinski definition) is 1. The van der Waals surface area contributed by atoms with E-state index in [2.05, 4.69) is 5.32 Å². The predicted molar refractivity (Wildman–Crippen MR) is 75.0 cm³/mol. The summed E-state index contributed by atoms with van der Waals surface area (Å²) in [6.45, 7) is 3.25. The second kappa shape index (κ2) is 6.93. The molecular weight excluding hydrogens is 256 g/mol. The largest absolute Gasteiger partial charge is 0.445 e. The maximum atomic E-state index is 12.1. The van der Waals surface area contributed by atoms with Crippen molar-refractivity contribution in [1.29, 1.82) is 0 Å². The van der Waals surface area contributed by atoms with Gasteiger partial charge in [-0.15, -0.1) is 0 Å². The summed E-state index contributed by atoms with van der Waals surface area (Å²) < 4.78 is 5.28. The lowest BCUT2D eigenvalue weighted by molar-refractivity contribution is -0.125. The van der Waals surface area contributed by atoms with E-state index >= 15 is 0 Å². The van der Waals surface area contributed by atoms with Gasteiger partial charge in [0.25, 0.3) is 0 Å². The zero-order chi connectivity index (χ0) is 14.4. The molecule has 1 atom stereocenters. The first kappa shape index (κ1) is 14.4. The van der Waals surface area contributed by atoms with Gasteiger partial charge in [0, 0.05) is 13.1 Å². The van der Waals surface area contributed by atoms with Gasteiger partial charge in [-0.25, -0.2) is 4.79 Å². The summed E-state index contributed by atoms with van der Waals surface area (Å²) >= 11 is 0. The standard InChI is InChI=1S/C15H20N2O3/c1-2-16-14(18)13-9-6-10-17(13)15(19)20-11-12-7-4-3-5-8-12/h3-5,7-8,13H,2,6,9-11H2,1H3,(H,16,18)/t13-/m1/s1. The van der Waals surface area contributed by atoms with Crippen LogP contribution in [0.25, 0.3) is 0 Å². The minimum atomic E-state index is -0.414. The fourth-order valence-corrected chi connectivity index (χ4v) is 2.35. The van der Waals surface area contributed by atoms with E-state index in [0.717, 1.165) is 12.0 Å². The fraction of sp³-hybridized carbons (Fsp3) is 0.467. The number of hydrogen-bond acceptors (Lipinski definition) is 3. The molecule has 1 heterocycles. The first-order valence-corrected chi connectivity index (χ1v) is 6.97. The third-order valence-corrected chi connectivity index (χ3v) is 3.35. The van der Waals surface area contributed by atoms with Crippen LogP contribution in [-0.2, 0) is 16.1 Å². The molecule has 1 saturated heterocycles. The Balaban J connectivity index is 1.89. The minimum Gasteiger partial charge on any atom is -0.445 e. The lowest BCUT2D eigenvalue weighted by atomic mass is 10.2. The lowest BCUT2D eigenvalue weighted by Crippen LogP contribution is -2.46. The molecule has 0 saturated carbocycles. The van der Waals surface area contributed by atoms with Gasteiger partial charge in [0.2, 0.25) is 5.91 Å². The fourth-order valence-electron chi connectivity index (χ4n) is 2.35. The highest BCUT2D eigenvalue weighted by Crippen LogP contribution is 2.19. The van der Waals surface area contributed by atoms with Gasteiger partial charge in [-0.05, 0) is 25.3 Å². The van der Waals surface area contributed by atoms with E-state index in [4.69, 9.17) is 4.74 Å². The quantitative estimate of drug-likeness (QED) is 0.914. The van der Waals surface area contributed by atoms with E-state index in [0.29, 0.717) is 19.5 Å². The van der Waals surface area contributed by atoms with Crippen LogP contribution >= 0.6 is 0 Å². The second-order valence-electron chi connectivity index (χ2n) is 4.79. The Labute approximate surface area is 118 Å². The highest BCUT2D eigenvalue weighted by atomic mass is 16.6. The van der Waals surface area contributed by atoms with Gasteiger partial charge in [0.15, 0.2) is 0 Å². The van der Waals surface area contributed by atoms with Crippen molar-refractivity contribution in [1.82, 2.24) is 10.2 Å². The Kier molecular flexibility index (Phi) is 4.98. The normalized spacial score (nSPS) is 17.9. The molecule has 0 spiro atoms. The van der Waals surface area contributed by atoms with Crippen LogP contribution in [0.3, 0.4) is 0 Å². The van der Waals surface area contributed by atoms with E-state index in [1.54, 1.807) is 0 Å². The molecular formula is C15H20N2O3. The molecule has 2 rings (SSSR count). The van der Waals surface area contributed by atoms with E-state index in [9.17, 15) is 9.59 Å². The summed E-state index contributed by atoms with van der Waals surface area (Å²) in [5, 5.41) is 2.76. The van der Waals surface area contributed by atoms with Crippen LogP contribution in [0.2, 0.25) is 0 Å². The molecule has 1 fully saturated rings. The van der Waals surface area contributed by atoms with Crippen molar-refractivity contribution in [2.75, 3.05) is 13.1 Å². The van der Waals surface area contributed by atoms with E-state index in [-0.39, 0.29) is 12.5 Å². The van der Waals surface area contributed by atoms with Gasteiger partial charge < -0.3 is 10.1 Å². The first-order valence-electron chi connectivity index (χ1n) is 6.97. The van der Waals surface area contributed by atoms with Gasteiger partial charge in [-0.2, -0.15) is 0 Å². The van der Waals surface area contributed by atoms with Crippen molar-refractivity contribution in [3.05, 3.63) is 35.9 Å². The number of rotatable bonds is 4. The van der Waals surface area contributed by atoms with Gasteiger partial charge in [0.1, 0.15) is 12.6 Å². The topological polar surface area (TPSA) is 58.6 Å². The lowest BCUT2D eigenvalue weighted by Gasteiger charge is -2.23. The zero-order valence-electron chi connectivity index (χ0n) is 11.7. The van der Waals surface area contributed by atoms with Gasteiger partial charge in [0.05, 0.1) is 0 Å². The molecule has 20 heavy (non-hydrogen) atoms. The Morgan fingerprint density at radius 2 is 2.10 bits per heavy atom. The van der Waals surface area contributed by atoms with Crippen LogP contribution in [0.5, 0.6) is 0 Å². The van der Waals surface area contributed by atoms with Crippen molar-refractivity contribution in [3.8, 4) is 0 Å². The minimum absolute atomic E-state index is 0.0957. The third kappa shape index (κ3) is 3.50. The number of nitrogens with one attached hydrogen (secondary N) is 1. The average Bonchev–Trinajstić information content (AvgIpc) is 2.96. The highest BCUT2D eigenvalue weighted by molar-refractivity contribution is 5.86. The molecule has 1 N–H and O–H groups in total. The van der Waals surface area contributed by atoms with Gasteiger partial charge in [-0.3, -0.25) is 9.69 Å². The number of likely N-dealkylation sites (tertiary alicyclic amines) is 1. The Bertz CT molecular complexity index is 461. The van der Waals surface area contributed by atoms with Crippen LogP contribution in [-0.4, -0.2) is 36.0 Å². The second-order valence-corrected chi connectivity index (χ2v) is 4.79. The predicted octanol–water partition coefficient (Wildman–Crippen LogP) is 1.92. The molecule has 0 bridgehead atoms. The molecule has 1 aromatic rings. The summed E-state index contributed by atoms with van der Waals surface area (Å²) in [5.41, 5.74) is 0.939. The molecule has 1 aliphatic heterocycles. The van der Waals surface area contributed by atoms with Gasteiger partial charge in [-0.1, -0.05) is 30.3 Å². The number of likely N-dealkylation sites (N-methyl/N-ethyl adjacent to an activating group) is 1. The monoisotopic (exact) mass is 276 g/mol. The van der Waals surface area contributed by atoms with Crippen molar-refractivity contribution in [3.63, 3.8) is 0 Å². The number of carbonyl (C=O) groups is 2. The van der Waals surface area contributed by atoms with Crippen LogP contribution < -0.4 is 5.32 Å². The van der Waals surface area contributed by atoms with E-state index in [1.165, 1.54) is 4.90 Å². The summed E-state index contributed by atoms with van der Waals surface area (Å²) in [6, 6.07) is 9.12. The number of amides is 2. The number of nitrogens with zero attached hydrogens (tertiary/aromatic N) is 1. The molecule has 1 aromatic carbocycles. The van der Waals surface area contributed by atoms with Crippen LogP contribution in [0.1, 0.15) is 25.3 Å². The molecule has 0 radical (unpaired) electrons. The summed E-state index contributed by atoms with van der Waals surface area (Å²) in [6.07, 6.45) is 1.12. The van der Waals surface area contributed by atoms with E-state index < -0.39 is 12.1 Å². The maximum Gasteiger partial charge on any atom is 0.410 e. The van der Waals surface area contributed by atoms with Crippen molar-refractivity contribution in [2.24, 2.45) is 0 Å². The summed E-state index contributed by atoms with van der Waals surface area (Å²) in [4.78, 5) is 25.5. The van der Waals surface area contributed by atoms with Crippen LogP contribution in [0.4, 0.5) is 4.79 Å². The van der Waals surface area contributed by atoms with Crippen LogP contribution in [0, 0.1) is 0 Å². The zero-order valence-corrected chi connectivity index (χ0v) is 11.7. The third-order valence-electron chi connectivity index (χ3n) is 3.35. The van der Waals surface area contributed by atoms with Gasteiger partial charge >= 0.3 is 6.09 Å². The smallest absolute Gasteiger partial charge is 0.410 e. The molecule has 108 valence electrons. The Morgan fingerprint density at radius 1 is 1.35 bits per heavy atom. The highest BCUT2D eigenvalue weighted by Gasteiger charge is 2.34. The average molecular weight is 276 g/mol. The molecule has 5 nitrogen and oxygen atoms in total. The van der Waals surface area contributed by atoms with Crippen molar-refractivity contribution in [2.45, 2.75) is 32.4 Å². The SMILES string of the molecule is CCNC(=O)[C@H]1CCCN1C(=O)OCc1ccccc1. The Hall–Kier alpha value is -2.04. The van der Waals surface area contributed by atoms with Crippen molar-refractivity contribution >= 4 is 12.0 Å². The van der Waals surface area contributed by atoms with Crippen molar-refractivity contribution < 1.29 is 14.3 Å².